The van der Waals surface area contributed by atoms with Gasteiger partial charge >= 0.3 is 0 Å². The first-order valence-electron chi connectivity index (χ1n) is 8.01. The molecule has 1 saturated heterocycles. The van der Waals surface area contributed by atoms with E-state index in [0.29, 0.717) is 47.8 Å². The van der Waals surface area contributed by atoms with Crippen molar-refractivity contribution < 1.29 is 9.90 Å². The highest BCUT2D eigenvalue weighted by atomic mass is 35.5. The number of benzene rings is 2. The number of amides is 1. The van der Waals surface area contributed by atoms with Crippen LogP contribution in [0.5, 0.6) is 0 Å². The summed E-state index contributed by atoms with van der Waals surface area (Å²) in [5, 5.41) is 20.7. The number of nitrogen functional groups attached to an aromatic ring is 1. The number of hydrogen-bond donors (Lipinski definition) is 2. The summed E-state index contributed by atoms with van der Waals surface area (Å²) >= 11 is 6.21. The average Bonchev–Trinajstić information content (AvgIpc) is 2.62. The Hall–Kier alpha value is -2.55. The Labute approximate surface area is 151 Å². The third kappa shape index (κ3) is 3.32. The fraction of sp³-hybridized carbons (Fsp3) is 0.263. The maximum atomic E-state index is 12.7. The molecule has 0 radical (unpaired) electrons. The second kappa shape index (κ2) is 6.75. The predicted molar refractivity (Wildman–Crippen MR) is 96.1 cm³/mol. The number of anilines is 1. The number of hydrogen-bond acceptors (Lipinski definition) is 4. The van der Waals surface area contributed by atoms with Crippen molar-refractivity contribution in [3.8, 4) is 6.07 Å². The molecule has 0 atom stereocenters. The normalized spacial score (nSPS) is 16.3. The van der Waals surface area contributed by atoms with Gasteiger partial charge in [-0.15, -0.1) is 0 Å². The number of aliphatic hydroxyl groups is 1. The van der Waals surface area contributed by atoms with E-state index in [1.54, 1.807) is 23.1 Å². The van der Waals surface area contributed by atoms with Gasteiger partial charge in [-0.2, -0.15) is 5.26 Å². The Morgan fingerprint density at radius 3 is 2.56 bits per heavy atom. The molecule has 2 aromatic rings. The van der Waals surface area contributed by atoms with E-state index in [4.69, 9.17) is 17.3 Å². The van der Waals surface area contributed by atoms with Crippen LogP contribution in [0.2, 0.25) is 5.02 Å². The first-order chi connectivity index (χ1) is 11.9. The molecule has 0 spiro atoms. The van der Waals surface area contributed by atoms with Crippen LogP contribution in [0.3, 0.4) is 0 Å². The number of halogens is 1. The minimum absolute atomic E-state index is 0.224. The molecular weight excluding hydrogens is 338 g/mol. The van der Waals surface area contributed by atoms with Gasteiger partial charge in [-0.3, -0.25) is 4.79 Å². The fourth-order valence-electron chi connectivity index (χ4n) is 3.20. The van der Waals surface area contributed by atoms with Crippen LogP contribution in [0.15, 0.2) is 42.5 Å². The molecule has 1 aliphatic rings. The Bertz CT molecular complexity index is 852. The van der Waals surface area contributed by atoms with Crippen molar-refractivity contribution in [2.24, 2.45) is 0 Å². The summed E-state index contributed by atoms with van der Waals surface area (Å²) in [5.74, 6) is -0.224. The summed E-state index contributed by atoms with van der Waals surface area (Å²) < 4.78 is 0. The fourth-order valence-corrected chi connectivity index (χ4v) is 3.51. The first-order valence-corrected chi connectivity index (χ1v) is 8.39. The lowest BCUT2D eigenvalue weighted by Crippen LogP contribution is -2.45. The van der Waals surface area contributed by atoms with Crippen molar-refractivity contribution in [2.45, 2.75) is 18.4 Å². The molecule has 0 aliphatic carbocycles. The predicted octanol–water partition coefficient (Wildman–Crippen LogP) is 2.92. The number of rotatable bonds is 2. The molecule has 128 valence electrons. The van der Waals surface area contributed by atoms with Crippen LogP contribution in [0.25, 0.3) is 0 Å². The third-order valence-electron chi connectivity index (χ3n) is 4.65. The van der Waals surface area contributed by atoms with Crippen LogP contribution < -0.4 is 5.73 Å². The standard InChI is InChI=1S/C19H18ClN3O2/c20-17-4-2-1-3-16(17)19(25)7-9-23(10-8-19)18(24)15-6-5-14(22)11-13(15)12-21/h1-6,11,25H,7-10,22H2. The summed E-state index contributed by atoms with van der Waals surface area (Å²) in [4.78, 5) is 14.4. The smallest absolute Gasteiger partial charge is 0.255 e. The zero-order valence-corrected chi connectivity index (χ0v) is 14.3. The van der Waals surface area contributed by atoms with Gasteiger partial charge in [-0.05, 0) is 37.1 Å². The van der Waals surface area contributed by atoms with E-state index >= 15 is 0 Å². The zero-order valence-electron chi connectivity index (χ0n) is 13.6. The molecule has 2 aromatic carbocycles. The largest absolute Gasteiger partial charge is 0.399 e. The molecule has 0 unspecified atom stereocenters. The summed E-state index contributed by atoms with van der Waals surface area (Å²) in [6.45, 7) is 0.769. The van der Waals surface area contributed by atoms with Gasteiger partial charge in [0.05, 0.1) is 16.7 Å². The van der Waals surface area contributed by atoms with Crippen LogP contribution in [0.4, 0.5) is 5.69 Å². The van der Waals surface area contributed by atoms with E-state index in [-0.39, 0.29) is 11.5 Å². The first kappa shape index (κ1) is 17.3. The van der Waals surface area contributed by atoms with Gasteiger partial charge < -0.3 is 15.7 Å². The van der Waals surface area contributed by atoms with Crippen LogP contribution in [-0.2, 0) is 5.60 Å². The van der Waals surface area contributed by atoms with Crippen molar-refractivity contribution in [3.63, 3.8) is 0 Å². The second-order valence-electron chi connectivity index (χ2n) is 6.22. The van der Waals surface area contributed by atoms with Gasteiger partial charge in [0.25, 0.3) is 5.91 Å². The molecule has 1 aliphatic heterocycles. The highest BCUT2D eigenvalue weighted by Crippen LogP contribution is 2.37. The summed E-state index contributed by atoms with van der Waals surface area (Å²) in [7, 11) is 0. The lowest BCUT2D eigenvalue weighted by molar-refractivity contribution is -0.0210. The molecule has 5 nitrogen and oxygen atoms in total. The molecule has 1 amide bonds. The number of carbonyl (C=O) groups is 1. The highest BCUT2D eigenvalue weighted by molar-refractivity contribution is 6.31. The Balaban J connectivity index is 1.78. The average molecular weight is 356 g/mol. The lowest BCUT2D eigenvalue weighted by Gasteiger charge is -2.39. The molecule has 6 heteroatoms. The quantitative estimate of drug-likeness (QED) is 0.810. The van der Waals surface area contributed by atoms with E-state index in [1.165, 1.54) is 6.07 Å². The van der Waals surface area contributed by atoms with Crippen LogP contribution >= 0.6 is 11.6 Å². The van der Waals surface area contributed by atoms with Crippen molar-refractivity contribution in [1.82, 2.24) is 4.90 Å². The Kier molecular flexibility index (Phi) is 4.67. The van der Waals surface area contributed by atoms with Gasteiger partial charge in [-0.25, -0.2) is 0 Å². The number of nitrogens with zero attached hydrogens (tertiary/aromatic N) is 2. The van der Waals surface area contributed by atoms with Crippen LogP contribution in [-0.4, -0.2) is 29.0 Å². The second-order valence-corrected chi connectivity index (χ2v) is 6.63. The summed E-state index contributed by atoms with van der Waals surface area (Å²) in [6.07, 6.45) is 0.776. The highest BCUT2D eigenvalue weighted by Gasteiger charge is 2.37. The monoisotopic (exact) mass is 355 g/mol. The molecule has 3 N–H and O–H groups in total. The molecule has 3 rings (SSSR count). The molecule has 1 heterocycles. The number of piperidine rings is 1. The minimum atomic E-state index is -1.05. The van der Waals surface area contributed by atoms with Crippen molar-refractivity contribution in [2.75, 3.05) is 18.8 Å². The van der Waals surface area contributed by atoms with Gasteiger partial charge in [0, 0.05) is 29.4 Å². The van der Waals surface area contributed by atoms with E-state index < -0.39 is 5.60 Å². The topological polar surface area (TPSA) is 90.3 Å². The van der Waals surface area contributed by atoms with Crippen molar-refractivity contribution in [1.29, 1.82) is 5.26 Å². The molecular formula is C19H18ClN3O2. The maximum absolute atomic E-state index is 12.7. The van der Waals surface area contributed by atoms with Gasteiger partial charge in [-0.1, -0.05) is 29.8 Å². The Morgan fingerprint density at radius 1 is 1.24 bits per heavy atom. The van der Waals surface area contributed by atoms with Gasteiger partial charge in [0.1, 0.15) is 6.07 Å². The molecule has 25 heavy (non-hydrogen) atoms. The molecule has 0 aromatic heterocycles. The molecule has 1 fully saturated rings. The summed E-state index contributed by atoms with van der Waals surface area (Å²) in [6, 6.07) is 13.9. The van der Waals surface area contributed by atoms with E-state index in [1.807, 2.05) is 24.3 Å². The van der Waals surface area contributed by atoms with Gasteiger partial charge in [0.2, 0.25) is 0 Å². The third-order valence-corrected chi connectivity index (χ3v) is 4.98. The van der Waals surface area contributed by atoms with Crippen LogP contribution in [0.1, 0.15) is 34.3 Å². The lowest BCUT2D eigenvalue weighted by atomic mass is 9.84. The van der Waals surface area contributed by atoms with Crippen molar-refractivity contribution >= 4 is 23.2 Å². The van der Waals surface area contributed by atoms with E-state index in [9.17, 15) is 15.2 Å². The minimum Gasteiger partial charge on any atom is -0.399 e. The van der Waals surface area contributed by atoms with E-state index in [0.717, 1.165) is 0 Å². The number of nitriles is 1. The van der Waals surface area contributed by atoms with Gasteiger partial charge in [0.15, 0.2) is 0 Å². The van der Waals surface area contributed by atoms with E-state index in [2.05, 4.69) is 0 Å². The van der Waals surface area contributed by atoms with Crippen LogP contribution in [0, 0.1) is 11.3 Å². The molecule has 0 bridgehead atoms. The number of nitrogens with two attached hydrogens (primary N) is 1. The van der Waals surface area contributed by atoms with Crippen molar-refractivity contribution in [3.05, 3.63) is 64.2 Å². The number of carbonyl (C=O) groups excluding carboxylic acids is 1. The molecule has 0 saturated carbocycles. The number of likely N-dealkylation sites (tertiary alicyclic amines) is 1. The maximum Gasteiger partial charge on any atom is 0.255 e. The Morgan fingerprint density at radius 2 is 1.92 bits per heavy atom. The SMILES string of the molecule is N#Cc1cc(N)ccc1C(=O)N1CCC(O)(c2ccccc2Cl)CC1. The zero-order chi connectivity index (χ0) is 18.0. The summed E-state index contributed by atoms with van der Waals surface area (Å²) in [5.41, 5.74) is 6.35.